The topological polar surface area (TPSA) is 125 Å². The van der Waals surface area contributed by atoms with E-state index < -0.39 is 35.4 Å². The second-order valence-corrected chi connectivity index (χ2v) is 6.15. The van der Waals surface area contributed by atoms with Gasteiger partial charge in [0.2, 0.25) is 0 Å². The Bertz CT molecular complexity index is 460. The van der Waals surface area contributed by atoms with E-state index >= 15 is 0 Å². The van der Waals surface area contributed by atoms with E-state index in [0.29, 0.717) is 5.01 Å². The normalized spacial score (nSPS) is 24.5. The van der Waals surface area contributed by atoms with Gasteiger partial charge in [-0.2, -0.15) is 5.01 Å². The molecule has 9 heteroatoms. The van der Waals surface area contributed by atoms with Crippen molar-refractivity contribution in [2.24, 2.45) is 0 Å². The number of esters is 1. The number of aliphatic hydroxyl groups excluding tert-OH is 1. The van der Waals surface area contributed by atoms with Crippen LogP contribution >= 0.6 is 0 Å². The van der Waals surface area contributed by atoms with Crippen molar-refractivity contribution < 1.29 is 34.1 Å². The molecule has 0 aliphatic heterocycles. The van der Waals surface area contributed by atoms with Crippen molar-refractivity contribution in [2.45, 2.75) is 57.3 Å². The minimum atomic E-state index is -1.63. The first-order valence-electron chi connectivity index (χ1n) is 6.81. The highest BCUT2D eigenvalue weighted by Crippen LogP contribution is 2.36. The molecule has 9 nitrogen and oxygen atoms in total. The Morgan fingerprint density at radius 2 is 1.91 bits per heavy atom. The molecule has 1 rings (SSSR count). The molecule has 3 N–H and O–H groups in total. The number of methoxy groups -OCH3 is 1. The van der Waals surface area contributed by atoms with Crippen molar-refractivity contribution in [3.63, 3.8) is 0 Å². The fraction of sp³-hybridized carbons (Fsp3) is 0.769. The van der Waals surface area contributed by atoms with Gasteiger partial charge in [0.15, 0.2) is 5.54 Å². The van der Waals surface area contributed by atoms with E-state index in [1.807, 2.05) is 5.43 Å². The van der Waals surface area contributed by atoms with E-state index in [0.717, 1.165) is 7.11 Å². The summed E-state index contributed by atoms with van der Waals surface area (Å²) in [5, 5.41) is 19.3. The Balaban J connectivity index is 3.18. The fourth-order valence-corrected chi connectivity index (χ4v) is 2.40. The van der Waals surface area contributed by atoms with E-state index in [1.165, 1.54) is 0 Å². The lowest BCUT2D eigenvalue weighted by Gasteiger charge is -2.38. The number of carboxylic acid groups (broad SMARTS) is 1. The van der Waals surface area contributed by atoms with Crippen molar-refractivity contribution in [3.8, 4) is 0 Å². The van der Waals surface area contributed by atoms with Crippen LogP contribution < -0.4 is 5.43 Å². The number of rotatable bonds is 2. The summed E-state index contributed by atoms with van der Waals surface area (Å²) >= 11 is 0. The van der Waals surface area contributed by atoms with Crippen LogP contribution in [0.4, 0.5) is 9.59 Å². The molecule has 1 aliphatic rings. The molecule has 0 spiro atoms. The summed E-state index contributed by atoms with van der Waals surface area (Å²) in [4.78, 5) is 35.5. The highest BCUT2D eigenvalue weighted by molar-refractivity contribution is 5.87. The molecule has 0 saturated heterocycles. The molecule has 2 atom stereocenters. The summed E-state index contributed by atoms with van der Waals surface area (Å²) in [7, 11) is 1.13. The number of hydrazine groups is 1. The molecule has 126 valence electrons. The molecule has 0 aromatic rings. The van der Waals surface area contributed by atoms with Crippen LogP contribution in [0, 0.1) is 0 Å². The van der Waals surface area contributed by atoms with E-state index in [9.17, 15) is 19.5 Å². The van der Waals surface area contributed by atoms with Gasteiger partial charge in [0.1, 0.15) is 5.60 Å². The minimum absolute atomic E-state index is 0.0559. The molecule has 0 radical (unpaired) electrons. The number of hydrogen-bond acceptors (Lipinski definition) is 6. The number of carbonyl (C=O) groups is 3. The third-order valence-electron chi connectivity index (χ3n) is 3.24. The standard InChI is InChI=1S/C13H22N2O7/c1-12(2,3)22-11(20)15(14-10(18)19)13(9(17)21-4)6-5-8(16)7-13/h8,14,16H,5-7H2,1-4H3,(H,18,19). The maximum absolute atomic E-state index is 12.3. The molecule has 2 amide bonds. The number of nitrogens with one attached hydrogen (secondary N) is 1. The number of hydrogen-bond donors (Lipinski definition) is 3. The number of aliphatic hydroxyl groups is 1. The predicted octanol–water partition coefficient (Wildman–Crippen LogP) is 0.863. The number of amides is 2. The van der Waals surface area contributed by atoms with Crippen LogP contribution in [0.2, 0.25) is 0 Å². The quantitative estimate of drug-likeness (QED) is 0.509. The maximum atomic E-state index is 12.3. The van der Waals surface area contributed by atoms with E-state index in [-0.39, 0.29) is 19.3 Å². The van der Waals surface area contributed by atoms with Crippen molar-refractivity contribution in [1.82, 2.24) is 10.4 Å². The Kier molecular flexibility index (Phi) is 5.23. The zero-order valence-electron chi connectivity index (χ0n) is 13.1. The third kappa shape index (κ3) is 4.00. The lowest BCUT2D eigenvalue weighted by Crippen LogP contribution is -2.63. The first-order valence-corrected chi connectivity index (χ1v) is 6.81. The number of nitrogens with zero attached hydrogens (tertiary/aromatic N) is 1. The maximum Gasteiger partial charge on any atom is 0.430 e. The van der Waals surface area contributed by atoms with E-state index in [2.05, 4.69) is 0 Å². The Morgan fingerprint density at radius 1 is 1.32 bits per heavy atom. The van der Waals surface area contributed by atoms with Gasteiger partial charge in [-0.1, -0.05) is 0 Å². The third-order valence-corrected chi connectivity index (χ3v) is 3.24. The van der Waals surface area contributed by atoms with Gasteiger partial charge in [0.25, 0.3) is 0 Å². The monoisotopic (exact) mass is 318 g/mol. The summed E-state index contributed by atoms with van der Waals surface area (Å²) in [6.45, 7) is 4.83. The highest BCUT2D eigenvalue weighted by Gasteiger charge is 2.54. The van der Waals surface area contributed by atoms with Crippen molar-refractivity contribution in [2.75, 3.05) is 7.11 Å². The molecule has 0 bridgehead atoms. The summed E-state index contributed by atoms with van der Waals surface area (Å²) in [5.74, 6) is -0.816. The van der Waals surface area contributed by atoms with Crippen LogP contribution in [0.5, 0.6) is 0 Å². The average Bonchev–Trinajstić information content (AvgIpc) is 2.76. The lowest BCUT2D eigenvalue weighted by molar-refractivity contribution is -0.157. The van der Waals surface area contributed by atoms with Crippen molar-refractivity contribution in [3.05, 3.63) is 0 Å². The molecular formula is C13H22N2O7. The van der Waals surface area contributed by atoms with Gasteiger partial charge in [0, 0.05) is 6.42 Å². The van der Waals surface area contributed by atoms with Crippen LogP contribution in [0.25, 0.3) is 0 Å². The van der Waals surface area contributed by atoms with Crippen LogP contribution in [0.3, 0.4) is 0 Å². The summed E-state index contributed by atoms with van der Waals surface area (Å²) in [6.07, 6.45) is -3.26. The molecule has 0 aromatic carbocycles. The van der Waals surface area contributed by atoms with Gasteiger partial charge in [-0.05, 0) is 33.6 Å². The average molecular weight is 318 g/mol. The SMILES string of the molecule is COC(=O)C1(N(NC(=O)O)C(=O)OC(C)(C)C)CCC(O)C1. The van der Waals surface area contributed by atoms with Crippen LogP contribution in [-0.2, 0) is 14.3 Å². The van der Waals surface area contributed by atoms with Gasteiger partial charge in [-0.15, -0.1) is 0 Å². The molecule has 1 saturated carbocycles. The zero-order chi connectivity index (χ0) is 17.1. The number of carbonyl (C=O) groups excluding carboxylic acids is 2. The summed E-state index contributed by atoms with van der Waals surface area (Å²) in [6, 6.07) is 0. The van der Waals surface area contributed by atoms with Gasteiger partial charge in [-0.3, -0.25) is 0 Å². The Hall–Kier alpha value is -2.03. The molecule has 0 heterocycles. The molecule has 1 aliphatic carbocycles. The van der Waals surface area contributed by atoms with Gasteiger partial charge in [-0.25, -0.2) is 19.8 Å². The van der Waals surface area contributed by atoms with Crippen molar-refractivity contribution >= 4 is 18.2 Å². The molecule has 0 aromatic heterocycles. The summed E-state index contributed by atoms with van der Waals surface area (Å²) < 4.78 is 9.84. The molecule has 1 fully saturated rings. The highest BCUT2D eigenvalue weighted by atomic mass is 16.6. The lowest BCUT2D eigenvalue weighted by atomic mass is 9.97. The molecular weight excluding hydrogens is 296 g/mol. The van der Waals surface area contributed by atoms with Gasteiger partial charge < -0.3 is 19.7 Å². The second-order valence-electron chi connectivity index (χ2n) is 6.15. The fourth-order valence-electron chi connectivity index (χ4n) is 2.40. The molecule has 22 heavy (non-hydrogen) atoms. The predicted molar refractivity (Wildman–Crippen MR) is 73.8 cm³/mol. The Morgan fingerprint density at radius 3 is 2.27 bits per heavy atom. The van der Waals surface area contributed by atoms with Crippen LogP contribution in [-0.4, -0.2) is 57.7 Å². The first kappa shape index (κ1) is 18.0. The summed E-state index contributed by atoms with van der Waals surface area (Å²) in [5.41, 5.74) is -0.631. The first-order chi connectivity index (χ1) is 10.0. The largest absolute Gasteiger partial charge is 0.467 e. The molecule has 2 unspecified atom stereocenters. The van der Waals surface area contributed by atoms with Gasteiger partial charge in [0.05, 0.1) is 13.2 Å². The van der Waals surface area contributed by atoms with E-state index in [1.54, 1.807) is 20.8 Å². The van der Waals surface area contributed by atoms with E-state index in [4.69, 9.17) is 14.6 Å². The zero-order valence-corrected chi connectivity index (χ0v) is 13.1. The van der Waals surface area contributed by atoms with Crippen molar-refractivity contribution in [1.29, 1.82) is 0 Å². The Labute approximate surface area is 128 Å². The van der Waals surface area contributed by atoms with Gasteiger partial charge >= 0.3 is 18.2 Å². The van der Waals surface area contributed by atoms with Crippen LogP contribution in [0.1, 0.15) is 40.0 Å². The number of ether oxygens (including phenoxy) is 2. The smallest absolute Gasteiger partial charge is 0.430 e. The minimum Gasteiger partial charge on any atom is -0.467 e. The second kappa shape index (κ2) is 6.39. The van der Waals surface area contributed by atoms with Crippen LogP contribution in [0.15, 0.2) is 0 Å².